The van der Waals surface area contributed by atoms with Gasteiger partial charge in [-0.3, -0.25) is 4.57 Å². The standard InChI is InChI=1S/C23H17Cl2N5OS/c1-31-20-5-3-2-4-16(20)14-26-29-22-27-21(15-6-8-17(24)9-7-15)28-23(32)30(22)19-12-10-18(25)11-13-19/h2-14H,1H3,(H,27,28,29,32)/b26-14+. The molecule has 0 spiro atoms. The number of rotatable bonds is 6. The van der Waals surface area contributed by atoms with Crippen LogP contribution in [-0.4, -0.2) is 27.9 Å². The van der Waals surface area contributed by atoms with Crippen molar-refractivity contribution in [3.63, 3.8) is 0 Å². The molecule has 0 saturated carbocycles. The number of benzene rings is 3. The predicted molar refractivity (Wildman–Crippen MR) is 132 cm³/mol. The SMILES string of the molecule is COc1ccccc1/C=N/Nc1nc(-c2ccc(Cl)cc2)nc(=S)n1-c1ccc(Cl)cc1. The molecule has 3 aromatic carbocycles. The van der Waals surface area contributed by atoms with Crippen LogP contribution in [0, 0.1) is 4.77 Å². The molecule has 0 amide bonds. The third-order valence-corrected chi connectivity index (χ3v) is 5.29. The summed E-state index contributed by atoms with van der Waals surface area (Å²) in [6, 6.07) is 22.0. The number of ether oxygens (including phenoxy) is 1. The second-order valence-electron chi connectivity index (χ2n) is 6.58. The van der Waals surface area contributed by atoms with Gasteiger partial charge in [0.1, 0.15) is 5.75 Å². The molecule has 4 aromatic rings. The Morgan fingerprint density at radius 3 is 2.28 bits per heavy atom. The van der Waals surface area contributed by atoms with Gasteiger partial charge < -0.3 is 4.74 Å². The van der Waals surface area contributed by atoms with Crippen molar-refractivity contribution in [1.29, 1.82) is 0 Å². The van der Waals surface area contributed by atoms with Gasteiger partial charge in [0, 0.05) is 21.2 Å². The summed E-state index contributed by atoms with van der Waals surface area (Å²) in [7, 11) is 1.61. The van der Waals surface area contributed by atoms with Gasteiger partial charge in [-0.1, -0.05) is 35.3 Å². The number of nitrogens with one attached hydrogen (secondary N) is 1. The van der Waals surface area contributed by atoms with Crippen LogP contribution in [0.15, 0.2) is 77.9 Å². The van der Waals surface area contributed by atoms with E-state index in [0.29, 0.717) is 32.3 Å². The Kier molecular flexibility index (Phi) is 6.80. The minimum absolute atomic E-state index is 0.308. The Hall–Kier alpha value is -3.26. The zero-order valence-corrected chi connectivity index (χ0v) is 19.2. The largest absolute Gasteiger partial charge is 0.496 e. The zero-order valence-electron chi connectivity index (χ0n) is 16.9. The first kappa shape index (κ1) is 22.0. The predicted octanol–water partition coefficient (Wildman–Crippen LogP) is 6.43. The Bertz CT molecular complexity index is 1320. The smallest absolute Gasteiger partial charge is 0.232 e. The first-order valence-corrected chi connectivity index (χ1v) is 10.7. The lowest BCUT2D eigenvalue weighted by Gasteiger charge is -2.13. The number of nitrogens with zero attached hydrogens (tertiary/aromatic N) is 4. The molecule has 1 heterocycles. The van der Waals surface area contributed by atoms with Crippen LogP contribution in [-0.2, 0) is 0 Å². The summed E-state index contributed by atoms with van der Waals surface area (Å²) in [5.41, 5.74) is 5.33. The fourth-order valence-electron chi connectivity index (χ4n) is 2.97. The highest BCUT2D eigenvalue weighted by atomic mass is 35.5. The maximum absolute atomic E-state index is 6.05. The van der Waals surface area contributed by atoms with Gasteiger partial charge in [0.25, 0.3) is 0 Å². The number of aromatic nitrogens is 3. The number of hydrogen-bond acceptors (Lipinski definition) is 6. The van der Waals surface area contributed by atoms with Gasteiger partial charge in [-0.05, 0) is 72.9 Å². The van der Waals surface area contributed by atoms with Crippen molar-refractivity contribution in [2.24, 2.45) is 5.10 Å². The van der Waals surface area contributed by atoms with Gasteiger partial charge in [-0.15, -0.1) is 0 Å². The molecule has 0 aliphatic rings. The third-order valence-electron chi connectivity index (χ3n) is 4.51. The fraction of sp³-hybridized carbons (Fsp3) is 0.0435. The van der Waals surface area contributed by atoms with Crippen LogP contribution in [0.5, 0.6) is 5.75 Å². The summed E-state index contributed by atoms with van der Waals surface area (Å²) in [6.07, 6.45) is 1.65. The summed E-state index contributed by atoms with van der Waals surface area (Å²) in [5.74, 6) is 1.55. The molecule has 1 aromatic heterocycles. The number of para-hydroxylation sites is 1. The quantitative estimate of drug-likeness (QED) is 0.195. The van der Waals surface area contributed by atoms with Crippen LogP contribution in [0.3, 0.4) is 0 Å². The van der Waals surface area contributed by atoms with Crippen LogP contribution < -0.4 is 10.2 Å². The van der Waals surface area contributed by atoms with Crippen LogP contribution >= 0.6 is 35.4 Å². The van der Waals surface area contributed by atoms with E-state index in [4.69, 9.17) is 40.2 Å². The highest BCUT2D eigenvalue weighted by Gasteiger charge is 2.12. The third kappa shape index (κ3) is 4.96. The molecular formula is C23H17Cl2N5OS. The average molecular weight is 482 g/mol. The first-order valence-electron chi connectivity index (χ1n) is 9.50. The number of hydrazone groups is 1. The van der Waals surface area contributed by atoms with Crippen LogP contribution in [0.2, 0.25) is 10.0 Å². The Balaban J connectivity index is 1.77. The highest BCUT2D eigenvalue weighted by Crippen LogP contribution is 2.23. The van der Waals surface area contributed by atoms with E-state index in [1.165, 1.54) is 0 Å². The lowest BCUT2D eigenvalue weighted by Crippen LogP contribution is -2.10. The number of hydrogen-bond donors (Lipinski definition) is 1. The molecule has 6 nitrogen and oxygen atoms in total. The molecule has 0 atom stereocenters. The van der Waals surface area contributed by atoms with E-state index in [1.807, 2.05) is 48.5 Å². The fourth-order valence-corrected chi connectivity index (χ4v) is 3.50. The molecule has 0 aliphatic carbocycles. The van der Waals surface area contributed by atoms with E-state index < -0.39 is 0 Å². The highest BCUT2D eigenvalue weighted by molar-refractivity contribution is 7.71. The summed E-state index contributed by atoms with van der Waals surface area (Å²) >= 11 is 17.7. The minimum Gasteiger partial charge on any atom is -0.496 e. The van der Waals surface area contributed by atoms with Crippen molar-refractivity contribution in [2.45, 2.75) is 0 Å². The van der Waals surface area contributed by atoms with E-state index in [2.05, 4.69) is 20.5 Å². The number of anilines is 1. The van der Waals surface area contributed by atoms with Gasteiger partial charge in [0.15, 0.2) is 5.82 Å². The van der Waals surface area contributed by atoms with E-state index in [1.54, 1.807) is 42.2 Å². The Morgan fingerprint density at radius 1 is 0.938 bits per heavy atom. The van der Waals surface area contributed by atoms with E-state index >= 15 is 0 Å². The molecule has 0 unspecified atom stereocenters. The molecule has 0 fully saturated rings. The summed E-state index contributed by atoms with van der Waals surface area (Å²) < 4.78 is 7.36. The van der Waals surface area contributed by atoms with Gasteiger partial charge >= 0.3 is 0 Å². The summed E-state index contributed by atoms with van der Waals surface area (Å²) in [5, 5.41) is 5.59. The van der Waals surface area contributed by atoms with E-state index in [0.717, 1.165) is 16.8 Å². The second kappa shape index (κ2) is 9.91. The summed E-state index contributed by atoms with van der Waals surface area (Å²) in [6.45, 7) is 0. The molecule has 9 heteroatoms. The molecule has 160 valence electrons. The van der Waals surface area contributed by atoms with Gasteiger partial charge in [0.05, 0.1) is 19.0 Å². The van der Waals surface area contributed by atoms with Gasteiger partial charge in [0.2, 0.25) is 10.7 Å². The monoisotopic (exact) mass is 481 g/mol. The van der Waals surface area contributed by atoms with Crippen molar-refractivity contribution in [3.05, 3.63) is 93.2 Å². The lowest BCUT2D eigenvalue weighted by molar-refractivity contribution is 0.414. The molecule has 32 heavy (non-hydrogen) atoms. The topological polar surface area (TPSA) is 64.3 Å². The Labute approximate surface area is 200 Å². The molecule has 0 aliphatic heterocycles. The lowest BCUT2D eigenvalue weighted by atomic mass is 10.2. The maximum atomic E-state index is 6.05. The van der Waals surface area contributed by atoms with Crippen molar-refractivity contribution >= 4 is 47.6 Å². The van der Waals surface area contributed by atoms with Crippen LogP contribution in [0.1, 0.15) is 5.56 Å². The van der Waals surface area contributed by atoms with Gasteiger partial charge in [-0.25, -0.2) is 5.43 Å². The molecule has 0 saturated heterocycles. The van der Waals surface area contributed by atoms with Crippen molar-refractivity contribution in [1.82, 2.24) is 14.5 Å². The molecule has 4 rings (SSSR count). The first-order chi connectivity index (χ1) is 15.5. The van der Waals surface area contributed by atoms with Crippen molar-refractivity contribution < 1.29 is 4.74 Å². The zero-order chi connectivity index (χ0) is 22.5. The second-order valence-corrected chi connectivity index (χ2v) is 7.82. The maximum Gasteiger partial charge on any atom is 0.232 e. The van der Waals surface area contributed by atoms with E-state index in [9.17, 15) is 0 Å². The number of halogens is 2. The minimum atomic E-state index is 0.308. The average Bonchev–Trinajstić information content (AvgIpc) is 2.80. The molecule has 0 bridgehead atoms. The van der Waals surface area contributed by atoms with Crippen molar-refractivity contribution in [3.8, 4) is 22.8 Å². The van der Waals surface area contributed by atoms with Crippen molar-refractivity contribution in [2.75, 3.05) is 12.5 Å². The Morgan fingerprint density at radius 2 is 1.59 bits per heavy atom. The number of methoxy groups -OCH3 is 1. The van der Waals surface area contributed by atoms with Crippen LogP contribution in [0.25, 0.3) is 17.1 Å². The van der Waals surface area contributed by atoms with Gasteiger partial charge in [-0.2, -0.15) is 15.1 Å². The normalized spacial score (nSPS) is 11.0. The molecule has 0 radical (unpaired) electrons. The summed E-state index contributed by atoms with van der Waals surface area (Å²) in [4.78, 5) is 9.16. The molecule has 1 N–H and O–H groups in total. The van der Waals surface area contributed by atoms with Crippen LogP contribution in [0.4, 0.5) is 5.95 Å². The van der Waals surface area contributed by atoms with E-state index in [-0.39, 0.29) is 0 Å². The molecular weight excluding hydrogens is 465 g/mol.